The maximum Gasteiger partial charge on any atom is 0.188 e. The molecule has 0 radical (unpaired) electrons. The molecule has 0 bridgehead atoms. The summed E-state index contributed by atoms with van der Waals surface area (Å²) in [6.07, 6.45) is 3.50. The predicted molar refractivity (Wildman–Crippen MR) is 60.8 cm³/mol. The summed E-state index contributed by atoms with van der Waals surface area (Å²) in [5.41, 5.74) is 1.05. The molecule has 0 aromatic rings. The lowest BCUT2D eigenvalue weighted by Crippen LogP contribution is -2.73. The Bertz CT molecular complexity index is 215. The van der Waals surface area contributed by atoms with E-state index in [-0.39, 0.29) is 0 Å². The van der Waals surface area contributed by atoms with E-state index < -0.39 is 6.29 Å². The maximum atomic E-state index is 9.66. The van der Waals surface area contributed by atoms with Crippen LogP contribution >= 0.6 is 0 Å². The van der Waals surface area contributed by atoms with Crippen LogP contribution in [0.4, 0.5) is 0 Å². The second kappa shape index (κ2) is 8.59. The Balaban J connectivity index is 4.38. The summed E-state index contributed by atoms with van der Waals surface area (Å²) < 4.78 is 5.08. The number of nitrogens with one attached hydrogen (secondary N) is 1. The van der Waals surface area contributed by atoms with E-state index in [1.54, 1.807) is 6.20 Å². The van der Waals surface area contributed by atoms with Crippen LogP contribution in [0.5, 0.6) is 0 Å². The van der Waals surface area contributed by atoms with E-state index in [2.05, 4.69) is 6.92 Å². The zero-order valence-electron chi connectivity index (χ0n) is 9.92. The largest absolute Gasteiger partial charge is 0.364 e. The fourth-order valence-corrected chi connectivity index (χ4v) is 1.26. The fourth-order valence-electron chi connectivity index (χ4n) is 1.26. The molecule has 0 fully saturated rings. The number of hydrogen-bond acceptors (Lipinski definition) is 3. The highest BCUT2D eigenvalue weighted by molar-refractivity contribution is 5.97. The summed E-state index contributed by atoms with van der Waals surface area (Å²) in [7, 11) is 1.87. The number of ether oxygens (including phenoxy) is 1. The fraction of sp³-hybridized carbons (Fsp3) is 0.727. The molecule has 1 atom stereocenters. The van der Waals surface area contributed by atoms with Gasteiger partial charge in [-0.05, 0) is 19.8 Å². The molecule has 0 heterocycles. The molecule has 1 unspecified atom stereocenters. The number of hydrogen-bond donors (Lipinski definition) is 3. The molecule has 4 N–H and O–H groups in total. The van der Waals surface area contributed by atoms with E-state index in [4.69, 9.17) is 10.1 Å². The van der Waals surface area contributed by atoms with E-state index in [0.29, 0.717) is 24.3 Å². The van der Waals surface area contributed by atoms with Gasteiger partial charge in [0.2, 0.25) is 0 Å². The molecule has 0 aliphatic carbocycles. The van der Waals surface area contributed by atoms with Crippen LogP contribution in [0.15, 0.2) is 11.8 Å². The second-order valence-corrected chi connectivity index (χ2v) is 3.35. The van der Waals surface area contributed by atoms with Gasteiger partial charge in [0.05, 0.1) is 12.6 Å². The normalized spacial score (nSPS) is 14.0. The summed E-state index contributed by atoms with van der Waals surface area (Å²) in [6.45, 7) is 4.36. The number of aliphatic hydroxyl groups is 1. The summed E-state index contributed by atoms with van der Waals surface area (Å²) >= 11 is 0. The molecular formula is C11H23N2O2+. The smallest absolute Gasteiger partial charge is 0.188 e. The first-order valence-electron chi connectivity index (χ1n) is 5.54. The molecule has 0 saturated carbocycles. The number of rotatable bonds is 8. The highest BCUT2D eigenvalue weighted by atomic mass is 16.6. The molecular weight excluding hydrogens is 192 g/mol. The number of quaternary nitrogens is 1. The first kappa shape index (κ1) is 14.3. The van der Waals surface area contributed by atoms with Crippen LogP contribution in [0.25, 0.3) is 0 Å². The van der Waals surface area contributed by atoms with Gasteiger partial charge in [-0.2, -0.15) is 0 Å². The van der Waals surface area contributed by atoms with Crippen LogP contribution in [0.3, 0.4) is 0 Å². The first-order chi connectivity index (χ1) is 7.17. The molecule has 88 valence electrons. The number of aliphatic hydroxyl groups excluding tert-OH is 1. The zero-order chi connectivity index (χ0) is 11.7. The highest BCUT2D eigenvalue weighted by Crippen LogP contribution is 2.09. The van der Waals surface area contributed by atoms with Gasteiger partial charge in [0.15, 0.2) is 6.29 Å². The van der Waals surface area contributed by atoms with Crippen LogP contribution in [0.2, 0.25) is 0 Å². The molecule has 15 heavy (non-hydrogen) atoms. The van der Waals surface area contributed by atoms with Crippen molar-refractivity contribution < 1.29 is 15.2 Å². The Morgan fingerprint density at radius 1 is 1.53 bits per heavy atom. The predicted octanol–water partition coefficient (Wildman–Crippen LogP) is 0.628. The SMILES string of the molecule is CCCCC(=N)/C(=C\[NH2+]C)C(O)OCC. The molecule has 0 amide bonds. The average molecular weight is 215 g/mol. The standard InChI is InChI=1S/C11H22N2O2/c1-4-6-7-10(12)9(8-13-3)11(14)15-5-2/h8,11-14H,4-7H2,1-3H3/p+1/b9-8+,12-10?. The van der Waals surface area contributed by atoms with Crippen LogP contribution in [0.1, 0.15) is 33.1 Å². The molecule has 0 aliphatic heterocycles. The molecule has 0 aromatic carbocycles. The van der Waals surface area contributed by atoms with Gasteiger partial charge in [0.1, 0.15) is 6.20 Å². The monoisotopic (exact) mass is 215 g/mol. The molecule has 0 spiro atoms. The third-order valence-corrected chi connectivity index (χ3v) is 2.07. The summed E-state index contributed by atoms with van der Waals surface area (Å²) in [5, 5.41) is 19.3. The van der Waals surface area contributed by atoms with Crippen molar-refractivity contribution >= 4 is 5.71 Å². The molecule has 4 nitrogen and oxygen atoms in total. The third kappa shape index (κ3) is 5.67. The lowest BCUT2D eigenvalue weighted by atomic mass is 10.1. The number of nitrogens with two attached hydrogens (primary N) is 1. The molecule has 0 aromatic heterocycles. The van der Waals surface area contributed by atoms with Crippen molar-refractivity contribution in [1.82, 2.24) is 0 Å². The Morgan fingerprint density at radius 2 is 2.20 bits per heavy atom. The highest BCUT2D eigenvalue weighted by Gasteiger charge is 2.16. The van der Waals surface area contributed by atoms with Crippen LogP contribution < -0.4 is 5.32 Å². The quantitative estimate of drug-likeness (QED) is 0.410. The lowest BCUT2D eigenvalue weighted by Gasteiger charge is -2.14. The van der Waals surface area contributed by atoms with Crippen molar-refractivity contribution in [2.45, 2.75) is 39.4 Å². The Morgan fingerprint density at radius 3 is 2.67 bits per heavy atom. The molecule has 0 saturated heterocycles. The third-order valence-electron chi connectivity index (χ3n) is 2.07. The van der Waals surface area contributed by atoms with Crippen molar-refractivity contribution in [3.05, 3.63) is 11.8 Å². The second-order valence-electron chi connectivity index (χ2n) is 3.35. The van der Waals surface area contributed by atoms with Gasteiger partial charge in [-0.15, -0.1) is 0 Å². The van der Waals surface area contributed by atoms with E-state index in [1.807, 2.05) is 19.3 Å². The number of unbranched alkanes of at least 4 members (excludes halogenated alkanes) is 1. The van der Waals surface area contributed by atoms with E-state index >= 15 is 0 Å². The van der Waals surface area contributed by atoms with Crippen LogP contribution in [0, 0.1) is 5.41 Å². The van der Waals surface area contributed by atoms with Crippen molar-refractivity contribution in [2.24, 2.45) is 0 Å². The van der Waals surface area contributed by atoms with Crippen molar-refractivity contribution in [3.63, 3.8) is 0 Å². The van der Waals surface area contributed by atoms with Gasteiger partial charge >= 0.3 is 0 Å². The van der Waals surface area contributed by atoms with E-state index in [0.717, 1.165) is 12.8 Å². The van der Waals surface area contributed by atoms with Crippen molar-refractivity contribution in [2.75, 3.05) is 13.7 Å². The van der Waals surface area contributed by atoms with E-state index in [1.165, 1.54) is 0 Å². The molecule has 4 heteroatoms. The van der Waals surface area contributed by atoms with Crippen molar-refractivity contribution in [1.29, 1.82) is 5.41 Å². The van der Waals surface area contributed by atoms with Gasteiger partial charge < -0.3 is 20.6 Å². The van der Waals surface area contributed by atoms with Crippen molar-refractivity contribution in [3.8, 4) is 0 Å². The van der Waals surface area contributed by atoms with E-state index in [9.17, 15) is 5.11 Å². The van der Waals surface area contributed by atoms with Crippen LogP contribution in [-0.4, -0.2) is 30.8 Å². The minimum absolute atomic E-state index is 0.448. The minimum Gasteiger partial charge on any atom is -0.364 e. The average Bonchev–Trinajstić information content (AvgIpc) is 2.22. The zero-order valence-corrected chi connectivity index (χ0v) is 9.92. The van der Waals surface area contributed by atoms with Gasteiger partial charge in [-0.1, -0.05) is 13.3 Å². The maximum absolute atomic E-state index is 9.66. The minimum atomic E-state index is -0.962. The Labute approximate surface area is 91.8 Å². The molecule has 0 rings (SSSR count). The Kier molecular flexibility index (Phi) is 8.18. The van der Waals surface area contributed by atoms with Gasteiger partial charge in [0, 0.05) is 12.3 Å². The topological polar surface area (TPSA) is 69.9 Å². The van der Waals surface area contributed by atoms with Gasteiger partial charge in [-0.25, -0.2) is 0 Å². The van der Waals surface area contributed by atoms with Gasteiger partial charge in [-0.3, -0.25) is 0 Å². The molecule has 0 aliphatic rings. The first-order valence-corrected chi connectivity index (χ1v) is 5.54. The van der Waals surface area contributed by atoms with Crippen LogP contribution in [-0.2, 0) is 4.74 Å². The Hall–Kier alpha value is -0.710. The summed E-state index contributed by atoms with van der Waals surface area (Å²) in [5.74, 6) is 0. The summed E-state index contributed by atoms with van der Waals surface area (Å²) in [6, 6.07) is 0. The lowest BCUT2D eigenvalue weighted by molar-refractivity contribution is -0.557. The summed E-state index contributed by atoms with van der Waals surface area (Å²) in [4.78, 5) is 0. The van der Waals surface area contributed by atoms with Gasteiger partial charge in [0.25, 0.3) is 0 Å².